The number of ether oxygens (including phenoxy) is 1. The molecule has 1 aromatic rings. The molecule has 8 nitrogen and oxygen atoms in total. The molecule has 1 saturated heterocycles. The first-order valence-electron chi connectivity index (χ1n) is 8.10. The lowest BCUT2D eigenvalue weighted by Gasteiger charge is -2.23. The highest BCUT2D eigenvalue weighted by Gasteiger charge is 2.18. The van der Waals surface area contributed by atoms with E-state index in [0.717, 1.165) is 38.4 Å². The van der Waals surface area contributed by atoms with Gasteiger partial charge in [-0.15, -0.1) is 10.2 Å². The number of carbonyl (C=O) groups excluding carboxylic acids is 1. The zero-order chi connectivity index (χ0) is 16.7. The summed E-state index contributed by atoms with van der Waals surface area (Å²) in [5.74, 6) is 0.907. The van der Waals surface area contributed by atoms with Gasteiger partial charge in [-0.2, -0.15) is 0 Å². The van der Waals surface area contributed by atoms with Gasteiger partial charge < -0.3 is 19.1 Å². The van der Waals surface area contributed by atoms with E-state index in [4.69, 9.17) is 4.74 Å². The molecule has 1 aromatic heterocycles. The average Bonchev–Trinajstić information content (AvgIpc) is 2.86. The van der Waals surface area contributed by atoms with Crippen LogP contribution in [0.2, 0.25) is 0 Å². The number of methoxy groups -OCH3 is 1. The fourth-order valence-corrected chi connectivity index (χ4v) is 2.65. The topological polar surface area (TPSA) is 66.7 Å². The Morgan fingerprint density at radius 2 is 2.17 bits per heavy atom. The lowest BCUT2D eigenvalue weighted by molar-refractivity contribution is -0.131. The maximum Gasteiger partial charge on any atom is 0.236 e. The van der Waals surface area contributed by atoms with Gasteiger partial charge in [0, 0.05) is 33.8 Å². The second-order valence-corrected chi connectivity index (χ2v) is 6.12. The van der Waals surface area contributed by atoms with Crippen molar-refractivity contribution in [3.05, 3.63) is 12.2 Å². The van der Waals surface area contributed by atoms with E-state index in [2.05, 4.69) is 27.0 Å². The first-order chi connectivity index (χ1) is 11.1. The molecule has 0 N–H and O–H groups in total. The smallest absolute Gasteiger partial charge is 0.236 e. The van der Waals surface area contributed by atoms with Gasteiger partial charge in [0.1, 0.15) is 6.33 Å². The second kappa shape index (κ2) is 8.95. The minimum absolute atomic E-state index is 0.121. The van der Waals surface area contributed by atoms with E-state index in [1.165, 1.54) is 0 Å². The summed E-state index contributed by atoms with van der Waals surface area (Å²) in [5.41, 5.74) is 0. The van der Waals surface area contributed by atoms with E-state index >= 15 is 0 Å². The second-order valence-electron chi connectivity index (χ2n) is 6.12. The Morgan fingerprint density at radius 3 is 2.96 bits per heavy atom. The highest BCUT2D eigenvalue weighted by atomic mass is 16.5. The Balaban J connectivity index is 1.84. The third-order valence-corrected chi connectivity index (χ3v) is 4.21. The summed E-state index contributed by atoms with van der Waals surface area (Å²) in [6.45, 7) is 6.27. The van der Waals surface area contributed by atoms with Gasteiger partial charge in [0.2, 0.25) is 5.91 Å². The van der Waals surface area contributed by atoms with Crippen molar-refractivity contribution in [2.24, 2.45) is 0 Å². The summed E-state index contributed by atoms with van der Waals surface area (Å²) in [7, 11) is 5.62. The standard InChI is InChI=1S/C15H28N6O2/c1-18-5-4-6-20(8-7-18)12-15(22)19(2)11-14-17-16-13-21(14)9-10-23-3/h13H,4-12H2,1-3H3. The molecule has 0 radical (unpaired) electrons. The van der Waals surface area contributed by atoms with Crippen LogP contribution in [-0.2, 0) is 22.6 Å². The van der Waals surface area contributed by atoms with Gasteiger partial charge >= 0.3 is 0 Å². The highest BCUT2D eigenvalue weighted by molar-refractivity contribution is 5.77. The lowest BCUT2D eigenvalue weighted by Crippen LogP contribution is -2.40. The zero-order valence-corrected chi connectivity index (χ0v) is 14.4. The maximum atomic E-state index is 12.4. The van der Waals surface area contributed by atoms with Crippen molar-refractivity contribution in [1.82, 2.24) is 29.5 Å². The fourth-order valence-electron chi connectivity index (χ4n) is 2.65. The molecule has 0 aromatic carbocycles. The molecule has 0 saturated carbocycles. The van der Waals surface area contributed by atoms with Gasteiger partial charge in [-0.1, -0.05) is 0 Å². The minimum atomic E-state index is 0.121. The molecule has 1 aliphatic heterocycles. The number of likely N-dealkylation sites (N-methyl/N-ethyl adjacent to an activating group) is 2. The fraction of sp³-hybridized carbons (Fsp3) is 0.800. The largest absolute Gasteiger partial charge is 0.383 e. The van der Waals surface area contributed by atoms with Crippen molar-refractivity contribution in [2.45, 2.75) is 19.5 Å². The Kier molecular flexibility index (Phi) is 6.94. The van der Waals surface area contributed by atoms with E-state index in [1.54, 1.807) is 18.3 Å². The summed E-state index contributed by atoms with van der Waals surface area (Å²) in [5, 5.41) is 8.03. The molecule has 23 heavy (non-hydrogen) atoms. The van der Waals surface area contributed by atoms with Crippen molar-refractivity contribution in [3.8, 4) is 0 Å². The summed E-state index contributed by atoms with van der Waals surface area (Å²) in [4.78, 5) is 18.7. The van der Waals surface area contributed by atoms with Crippen LogP contribution in [0.15, 0.2) is 6.33 Å². The van der Waals surface area contributed by atoms with Crippen LogP contribution in [0.4, 0.5) is 0 Å². The van der Waals surface area contributed by atoms with Crippen molar-refractivity contribution >= 4 is 5.91 Å². The van der Waals surface area contributed by atoms with Crippen molar-refractivity contribution < 1.29 is 9.53 Å². The van der Waals surface area contributed by atoms with Gasteiger partial charge in [-0.25, -0.2) is 0 Å². The summed E-state index contributed by atoms with van der Waals surface area (Å²) < 4.78 is 7.00. The Bertz CT molecular complexity index is 492. The van der Waals surface area contributed by atoms with Crippen LogP contribution in [0.5, 0.6) is 0 Å². The van der Waals surface area contributed by atoms with Crippen LogP contribution in [0.25, 0.3) is 0 Å². The maximum absolute atomic E-state index is 12.4. The van der Waals surface area contributed by atoms with Crippen LogP contribution in [0.3, 0.4) is 0 Å². The number of amides is 1. The van der Waals surface area contributed by atoms with Crippen LogP contribution < -0.4 is 0 Å². The van der Waals surface area contributed by atoms with Crippen LogP contribution in [-0.4, -0.2) is 95.9 Å². The number of rotatable bonds is 7. The molecule has 8 heteroatoms. The Labute approximate surface area is 138 Å². The van der Waals surface area contributed by atoms with Crippen molar-refractivity contribution in [2.75, 3.05) is 60.5 Å². The van der Waals surface area contributed by atoms with Crippen LogP contribution in [0, 0.1) is 0 Å². The molecule has 0 atom stereocenters. The van der Waals surface area contributed by atoms with Gasteiger partial charge in [0.05, 0.1) is 19.7 Å². The lowest BCUT2D eigenvalue weighted by atomic mass is 10.3. The van der Waals surface area contributed by atoms with E-state index in [-0.39, 0.29) is 5.91 Å². The molecule has 130 valence electrons. The van der Waals surface area contributed by atoms with E-state index in [1.807, 2.05) is 11.6 Å². The molecule has 1 fully saturated rings. The van der Waals surface area contributed by atoms with Crippen LogP contribution >= 0.6 is 0 Å². The van der Waals surface area contributed by atoms with Crippen molar-refractivity contribution in [3.63, 3.8) is 0 Å². The van der Waals surface area contributed by atoms with E-state index in [0.29, 0.717) is 26.2 Å². The van der Waals surface area contributed by atoms with E-state index in [9.17, 15) is 4.79 Å². The third kappa shape index (κ3) is 5.56. The minimum Gasteiger partial charge on any atom is -0.383 e. The summed E-state index contributed by atoms with van der Waals surface area (Å²) in [6, 6.07) is 0. The van der Waals surface area contributed by atoms with Crippen molar-refractivity contribution in [1.29, 1.82) is 0 Å². The quantitative estimate of drug-likeness (QED) is 0.675. The Morgan fingerprint density at radius 1 is 1.35 bits per heavy atom. The molecular formula is C15H28N6O2. The molecule has 1 aliphatic rings. The first kappa shape index (κ1) is 17.8. The molecule has 0 aliphatic carbocycles. The van der Waals surface area contributed by atoms with Gasteiger partial charge in [0.25, 0.3) is 0 Å². The number of hydrogen-bond acceptors (Lipinski definition) is 6. The predicted octanol–water partition coefficient (Wildman–Crippen LogP) is -0.480. The number of aromatic nitrogens is 3. The zero-order valence-electron chi connectivity index (χ0n) is 14.4. The third-order valence-electron chi connectivity index (χ3n) is 4.21. The first-order valence-corrected chi connectivity index (χ1v) is 8.10. The molecular weight excluding hydrogens is 296 g/mol. The number of hydrogen-bond donors (Lipinski definition) is 0. The van der Waals surface area contributed by atoms with Crippen LogP contribution in [0.1, 0.15) is 12.2 Å². The van der Waals surface area contributed by atoms with E-state index < -0.39 is 0 Å². The molecule has 2 rings (SSSR count). The molecule has 0 unspecified atom stereocenters. The normalized spacial score (nSPS) is 17.2. The number of nitrogens with zero attached hydrogens (tertiary/aromatic N) is 6. The molecule has 0 spiro atoms. The molecule has 2 heterocycles. The summed E-state index contributed by atoms with van der Waals surface area (Å²) >= 11 is 0. The Hall–Kier alpha value is -1.51. The average molecular weight is 324 g/mol. The molecule has 1 amide bonds. The number of carbonyl (C=O) groups is 1. The van der Waals surface area contributed by atoms with Gasteiger partial charge in [-0.05, 0) is 26.6 Å². The SMILES string of the molecule is COCCn1cnnc1CN(C)C(=O)CN1CCCN(C)CC1. The van der Waals surface area contributed by atoms with Gasteiger partial charge in [-0.3, -0.25) is 9.69 Å². The van der Waals surface area contributed by atoms with Gasteiger partial charge in [0.15, 0.2) is 5.82 Å². The summed E-state index contributed by atoms with van der Waals surface area (Å²) in [6.07, 6.45) is 2.79. The predicted molar refractivity (Wildman–Crippen MR) is 86.9 cm³/mol. The highest BCUT2D eigenvalue weighted by Crippen LogP contribution is 2.04. The monoisotopic (exact) mass is 324 g/mol. The molecule has 0 bridgehead atoms.